The maximum absolute atomic E-state index is 5.15. The van der Waals surface area contributed by atoms with Crippen LogP contribution in [0.1, 0.15) is 45.2 Å². The number of nitrogens with zero attached hydrogens (tertiary/aromatic N) is 2. The monoisotopic (exact) mass is 265 g/mol. The van der Waals surface area contributed by atoms with Crippen LogP contribution < -0.4 is 5.32 Å². The molecule has 1 aliphatic carbocycles. The van der Waals surface area contributed by atoms with E-state index in [2.05, 4.69) is 34.9 Å². The van der Waals surface area contributed by atoms with Gasteiger partial charge in [0.25, 0.3) is 0 Å². The van der Waals surface area contributed by atoms with Crippen LogP contribution in [0, 0.1) is 12.3 Å². The van der Waals surface area contributed by atoms with Crippen molar-refractivity contribution in [2.75, 3.05) is 19.0 Å². The second kappa shape index (κ2) is 5.95. The number of aryl methyl sites for hydroxylation is 1. The molecule has 1 aromatic rings. The third-order valence-corrected chi connectivity index (χ3v) is 4.11. The van der Waals surface area contributed by atoms with E-state index in [0.717, 1.165) is 24.8 Å². The van der Waals surface area contributed by atoms with Crippen molar-refractivity contribution in [3.8, 4) is 0 Å². The van der Waals surface area contributed by atoms with Crippen molar-refractivity contribution in [3.63, 3.8) is 0 Å². The zero-order chi connectivity index (χ0) is 13.9. The fraction of sp³-hybridized carbons (Fsp3) is 0.800. The van der Waals surface area contributed by atoms with Gasteiger partial charge in [0.05, 0.1) is 12.3 Å². The van der Waals surface area contributed by atoms with Crippen molar-refractivity contribution in [3.05, 3.63) is 11.9 Å². The summed E-state index contributed by atoms with van der Waals surface area (Å²) in [6, 6.07) is 0.566. The van der Waals surface area contributed by atoms with Crippen LogP contribution in [-0.4, -0.2) is 29.3 Å². The molecule has 0 bridgehead atoms. The standard InChI is InChI=1S/C15H27N3O/c1-12-11-18(9-10-19-4)14(16-12)17-13-5-7-15(2,3)8-6-13/h11,13H,5-10H2,1-4H3,(H,16,17). The van der Waals surface area contributed by atoms with Gasteiger partial charge in [0.15, 0.2) is 0 Å². The number of hydrogen-bond donors (Lipinski definition) is 1. The third-order valence-electron chi connectivity index (χ3n) is 4.11. The van der Waals surface area contributed by atoms with E-state index in [-0.39, 0.29) is 0 Å². The van der Waals surface area contributed by atoms with E-state index in [0.29, 0.717) is 11.5 Å². The SMILES string of the molecule is COCCn1cc(C)nc1NC1CCC(C)(C)CC1. The zero-order valence-electron chi connectivity index (χ0n) is 12.7. The van der Waals surface area contributed by atoms with E-state index in [9.17, 15) is 0 Å². The van der Waals surface area contributed by atoms with Gasteiger partial charge in [-0.3, -0.25) is 0 Å². The van der Waals surface area contributed by atoms with E-state index >= 15 is 0 Å². The summed E-state index contributed by atoms with van der Waals surface area (Å²) in [5.74, 6) is 0.999. The number of hydrogen-bond acceptors (Lipinski definition) is 3. The fourth-order valence-electron chi connectivity index (χ4n) is 2.75. The maximum Gasteiger partial charge on any atom is 0.203 e. The highest BCUT2D eigenvalue weighted by atomic mass is 16.5. The van der Waals surface area contributed by atoms with E-state index in [1.165, 1.54) is 25.7 Å². The Morgan fingerprint density at radius 3 is 2.74 bits per heavy atom. The molecule has 1 aliphatic rings. The molecule has 19 heavy (non-hydrogen) atoms. The van der Waals surface area contributed by atoms with Gasteiger partial charge in [-0.25, -0.2) is 4.98 Å². The first-order valence-electron chi connectivity index (χ1n) is 7.29. The number of rotatable bonds is 5. The predicted molar refractivity (Wildman–Crippen MR) is 78.5 cm³/mol. The van der Waals surface area contributed by atoms with Crippen LogP contribution in [0.5, 0.6) is 0 Å². The Labute approximate surface area is 116 Å². The smallest absolute Gasteiger partial charge is 0.203 e. The van der Waals surface area contributed by atoms with Gasteiger partial charge in [-0.05, 0) is 38.0 Å². The fourth-order valence-corrected chi connectivity index (χ4v) is 2.75. The van der Waals surface area contributed by atoms with Gasteiger partial charge in [-0.2, -0.15) is 0 Å². The topological polar surface area (TPSA) is 39.1 Å². The Hall–Kier alpha value is -1.03. The van der Waals surface area contributed by atoms with Crippen molar-refractivity contribution in [2.45, 2.75) is 59.0 Å². The van der Waals surface area contributed by atoms with E-state index < -0.39 is 0 Å². The molecule has 0 unspecified atom stereocenters. The summed E-state index contributed by atoms with van der Waals surface area (Å²) in [5.41, 5.74) is 1.58. The molecule has 0 amide bonds. The first-order chi connectivity index (χ1) is 9.00. The quantitative estimate of drug-likeness (QED) is 0.888. The molecule has 2 rings (SSSR count). The minimum Gasteiger partial charge on any atom is -0.383 e. The normalized spacial score (nSPS) is 19.6. The number of aromatic nitrogens is 2. The summed E-state index contributed by atoms with van der Waals surface area (Å²) in [4.78, 5) is 4.59. The molecule has 0 aliphatic heterocycles. The molecular formula is C15H27N3O. The summed E-state index contributed by atoms with van der Waals surface area (Å²) in [6.45, 7) is 8.36. The lowest BCUT2D eigenvalue weighted by Gasteiger charge is -2.34. The van der Waals surface area contributed by atoms with Gasteiger partial charge in [-0.1, -0.05) is 13.8 Å². The lowest BCUT2D eigenvalue weighted by atomic mass is 9.76. The largest absolute Gasteiger partial charge is 0.383 e. The van der Waals surface area contributed by atoms with Crippen LogP contribution in [0.2, 0.25) is 0 Å². The van der Waals surface area contributed by atoms with Gasteiger partial charge in [0, 0.05) is 25.9 Å². The Morgan fingerprint density at radius 1 is 1.42 bits per heavy atom. The van der Waals surface area contributed by atoms with Crippen LogP contribution in [0.15, 0.2) is 6.20 Å². The Morgan fingerprint density at radius 2 is 2.11 bits per heavy atom. The first kappa shape index (κ1) is 14.4. The van der Waals surface area contributed by atoms with E-state index in [1.54, 1.807) is 7.11 Å². The molecule has 4 heteroatoms. The van der Waals surface area contributed by atoms with E-state index in [4.69, 9.17) is 4.74 Å². The number of methoxy groups -OCH3 is 1. The summed E-state index contributed by atoms with van der Waals surface area (Å²) >= 11 is 0. The highest BCUT2D eigenvalue weighted by Gasteiger charge is 2.27. The molecule has 1 N–H and O–H groups in total. The van der Waals surface area contributed by atoms with Crippen molar-refractivity contribution >= 4 is 5.95 Å². The number of ether oxygens (including phenoxy) is 1. The van der Waals surface area contributed by atoms with Gasteiger partial charge in [0.2, 0.25) is 5.95 Å². The summed E-state index contributed by atoms with van der Waals surface area (Å²) in [6.07, 6.45) is 7.16. The van der Waals surface area contributed by atoms with Crippen molar-refractivity contribution in [2.24, 2.45) is 5.41 Å². The predicted octanol–water partition coefficient (Wildman–Crippen LogP) is 3.22. The Kier molecular flexibility index (Phi) is 4.50. The molecular weight excluding hydrogens is 238 g/mol. The van der Waals surface area contributed by atoms with Gasteiger partial charge in [-0.15, -0.1) is 0 Å². The highest BCUT2D eigenvalue weighted by molar-refractivity contribution is 5.30. The Bertz CT molecular complexity index is 402. The van der Waals surface area contributed by atoms with Crippen LogP contribution in [-0.2, 0) is 11.3 Å². The van der Waals surface area contributed by atoms with Crippen LogP contribution in [0.25, 0.3) is 0 Å². The first-order valence-corrected chi connectivity index (χ1v) is 7.29. The van der Waals surface area contributed by atoms with E-state index in [1.807, 2.05) is 6.92 Å². The molecule has 4 nitrogen and oxygen atoms in total. The van der Waals surface area contributed by atoms with Gasteiger partial charge in [0.1, 0.15) is 0 Å². The average Bonchev–Trinajstić information content (AvgIpc) is 2.70. The third kappa shape index (κ3) is 3.96. The van der Waals surface area contributed by atoms with Gasteiger partial charge >= 0.3 is 0 Å². The molecule has 0 aromatic carbocycles. The lowest BCUT2D eigenvalue weighted by Crippen LogP contribution is -2.31. The van der Waals surface area contributed by atoms with Gasteiger partial charge < -0.3 is 14.6 Å². The molecule has 1 aromatic heterocycles. The van der Waals surface area contributed by atoms with Crippen molar-refractivity contribution < 1.29 is 4.74 Å². The average molecular weight is 265 g/mol. The minimum atomic E-state index is 0.513. The van der Waals surface area contributed by atoms with Crippen LogP contribution in [0.3, 0.4) is 0 Å². The molecule has 1 saturated carbocycles. The molecule has 0 radical (unpaired) electrons. The second-order valence-corrected chi connectivity index (χ2v) is 6.47. The maximum atomic E-state index is 5.15. The molecule has 1 heterocycles. The lowest BCUT2D eigenvalue weighted by molar-refractivity contribution is 0.187. The molecule has 0 atom stereocenters. The highest BCUT2D eigenvalue weighted by Crippen LogP contribution is 2.35. The number of imidazole rings is 1. The van der Waals surface area contributed by atoms with Crippen molar-refractivity contribution in [1.29, 1.82) is 0 Å². The Balaban J connectivity index is 1.95. The summed E-state index contributed by atoms with van der Waals surface area (Å²) in [5, 5.41) is 3.61. The number of nitrogens with one attached hydrogen (secondary N) is 1. The summed E-state index contributed by atoms with van der Waals surface area (Å²) in [7, 11) is 1.74. The van der Waals surface area contributed by atoms with Crippen LogP contribution in [0.4, 0.5) is 5.95 Å². The zero-order valence-corrected chi connectivity index (χ0v) is 12.7. The molecule has 0 saturated heterocycles. The van der Waals surface area contributed by atoms with Crippen molar-refractivity contribution in [1.82, 2.24) is 9.55 Å². The molecule has 0 spiro atoms. The second-order valence-electron chi connectivity index (χ2n) is 6.47. The minimum absolute atomic E-state index is 0.513. The van der Waals surface area contributed by atoms with Crippen LogP contribution >= 0.6 is 0 Å². The number of anilines is 1. The molecule has 108 valence electrons. The molecule has 1 fully saturated rings. The summed E-state index contributed by atoms with van der Waals surface area (Å²) < 4.78 is 7.32.